The van der Waals surface area contributed by atoms with E-state index in [1.165, 1.54) is 24.1 Å². The van der Waals surface area contributed by atoms with Gasteiger partial charge in [-0.05, 0) is 25.8 Å². The van der Waals surface area contributed by atoms with Gasteiger partial charge in [0, 0.05) is 24.8 Å². The Morgan fingerprint density at radius 3 is 3.00 bits per heavy atom. The van der Waals surface area contributed by atoms with E-state index in [1.807, 2.05) is 11.7 Å². The van der Waals surface area contributed by atoms with Gasteiger partial charge in [0.05, 0.1) is 5.69 Å². The lowest BCUT2D eigenvalue weighted by Gasteiger charge is -2.17. The first-order chi connectivity index (χ1) is 6.72. The predicted octanol–water partition coefficient (Wildman–Crippen LogP) is 1.79. The van der Waals surface area contributed by atoms with Gasteiger partial charge in [0.1, 0.15) is 0 Å². The third kappa shape index (κ3) is 1.57. The molecule has 3 nitrogen and oxygen atoms in total. The van der Waals surface area contributed by atoms with Crippen LogP contribution in [-0.4, -0.2) is 16.3 Å². The molecule has 2 heterocycles. The lowest BCUT2D eigenvalue weighted by atomic mass is 9.93. The van der Waals surface area contributed by atoms with Gasteiger partial charge in [-0.25, -0.2) is 0 Å². The molecule has 1 fully saturated rings. The average Bonchev–Trinajstić information content (AvgIpc) is 2.71. The topological polar surface area (TPSA) is 29.9 Å². The molecule has 0 aliphatic carbocycles. The van der Waals surface area contributed by atoms with Crippen LogP contribution in [0.3, 0.4) is 0 Å². The summed E-state index contributed by atoms with van der Waals surface area (Å²) in [5, 5.41) is 7.98. The minimum absolute atomic E-state index is 0.536. The Labute approximate surface area is 85.5 Å². The zero-order valence-electron chi connectivity index (χ0n) is 9.25. The van der Waals surface area contributed by atoms with Crippen molar-refractivity contribution in [3.05, 3.63) is 17.5 Å². The van der Waals surface area contributed by atoms with Crippen LogP contribution < -0.4 is 5.32 Å². The van der Waals surface area contributed by atoms with Crippen molar-refractivity contribution < 1.29 is 0 Å². The van der Waals surface area contributed by atoms with Crippen LogP contribution in [0.5, 0.6) is 0 Å². The Morgan fingerprint density at radius 2 is 2.43 bits per heavy atom. The van der Waals surface area contributed by atoms with Gasteiger partial charge in [0.15, 0.2) is 0 Å². The number of nitrogens with one attached hydrogen (secondary N) is 1. The van der Waals surface area contributed by atoms with Gasteiger partial charge in [-0.3, -0.25) is 4.68 Å². The minimum atomic E-state index is 0.536. The van der Waals surface area contributed by atoms with E-state index in [0.717, 1.165) is 12.5 Å². The SMILES string of the molecule is CCC1CCNC1c1cn(C)nc1C. The second-order valence-corrected chi connectivity index (χ2v) is 4.23. The number of hydrogen-bond donors (Lipinski definition) is 1. The van der Waals surface area contributed by atoms with Crippen LogP contribution in [0.2, 0.25) is 0 Å². The largest absolute Gasteiger partial charge is 0.310 e. The summed E-state index contributed by atoms with van der Waals surface area (Å²) in [5.74, 6) is 0.790. The Bertz CT molecular complexity index is 316. The maximum atomic E-state index is 4.40. The summed E-state index contributed by atoms with van der Waals surface area (Å²) in [5.41, 5.74) is 2.56. The Balaban J connectivity index is 2.25. The molecule has 3 heteroatoms. The summed E-state index contributed by atoms with van der Waals surface area (Å²) in [4.78, 5) is 0. The Hall–Kier alpha value is -0.830. The van der Waals surface area contributed by atoms with Gasteiger partial charge in [-0.1, -0.05) is 13.3 Å². The highest BCUT2D eigenvalue weighted by molar-refractivity contribution is 5.22. The van der Waals surface area contributed by atoms with Crippen molar-refractivity contribution in [2.75, 3.05) is 6.54 Å². The van der Waals surface area contributed by atoms with Crippen LogP contribution in [0.4, 0.5) is 0 Å². The third-order valence-corrected chi connectivity index (χ3v) is 3.26. The van der Waals surface area contributed by atoms with Crippen molar-refractivity contribution >= 4 is 0 Å². The van der Waals surface area contributed by atoms with E-state index in [4.69, 9.17) is 0 Å². The molecule has 1 aromatic heterocycles. The maximum Gasteiger partial charge on any atom is 0.0641 e. The van der Waals surface area contributed by atoms with E-state index < -0.39 is 0 Å². The Morgan fingerprint density at radius 1 is 1.64 bits per heavy atom. The molecular weight excluding hydrogens is 174 g/mol. The highest BCUT2D eigenvalue weighted by atomic mass is 15.3. The molecule has 1 saturated heterocycles. The molecule has 0 spiro atoms. The first-order valence-corrected chi connectivity index (χ1v) is 5.46. The molecule has 2 rings (SSSR count). The van der Waals surface area contributed by atoms with Gasteiger partial charge in [0.25, 0.3) is 0 Å². The van der Waals surface area contributed by atoms with E-state index in [9.17, 15) is 0 Å². The summed E-state index contributed by atoms with van der Waals surface area (Å²) in [7, 11) is 1.99. The van der Waals surface area contributed by atoms with Crippen LogP contribution in [0.15, 0.2) is 6.20 Å². The standard InChI is InChI=1S/C11H19N3/c1-4-9-5-6-12-11(9)10-7-14(3)13-8(10)2/h7,9,11-12H,4-6H2,1-3H3. The van der Waals surface area contributed by atoms with Gasteiger partial charge < -0.3 is 5.32 Å². The van der Waals surface area contributed by atoms with Crippen molar-refractivity contribution in [1.29, 1.82) is 0 Å². The van der Waals surface area contributed by atoms with Crippen molar-refractivity contribution in [2.45, 2.75) is 32.7 Å². The number of rotatable bonds is 2. The van der Waals surface area contributed by atoms with Gasteiger partial charge >= 0.3 is 0 Å². The lowest BCUT2D eigenvalue weighted by molar-refractivity contribution is 0.448. The van der Waals surface area contributed by atoms with Crippen LogP contribution in [-0.2, 0) is 7.05 Å². The van der Waals surface area contributed by atoms with Gasteiger partial charge in [-0.15, -0.1) is 0 Å². The minimum Gasteiger partial charge on any atom is -0.310 e. The van der Waals surface area contributed by atoms with Crippen LogP contribution in [0.25, 0.3) is 0 Å². The normalized spacial score (nSPS) is 27.1. The summed E-state index contributed by atoms with van der Waals surface area (Å²) < 4.78 is 1.91. The quantitative estimate of drug-likeness (QED) is 0.776. The molecule has 0 amide bonds. The zero-order valence-corrected chi connectivity index (χ0v) is 9.25. The van der Waals surface area contributed by atoms with Crippen molar-refractivity contribution in [2.24, 2.45) is 13.0 Å². The summed E-state index contributed by atoms with van der Waals surface area (Å²) >= 11 is 0. The monoisotopic (exact) mass is 193 g/mol. The fourth-order valence-electron chi connectivity index (χ4n) is 2.48. The molecule has 1 aliphatic heterocycles. The average molecular weight is 193 g/mol. The summed E-state index contributed by atoms with van der Waals surface area (Å²) in [6.07, 6.45) is 4.71. The third-order valence-electron chi connectivity index (χ3n) is 3.26. The van der Waals surface area contributed by atoms with E-state index in [0.29, 0.717) is 6.04 Å². The lowest BCUT2D eigenvalue weighted by Crippen LogP contribution is -2.17. The predicted molar refractivity (Wildman–Crippen MR) is 57.1 cm³/mol. The maximum absolute atomic E-state index is 4.40. The van der Waals surface area contributed by atoms with E-state index in [1.54, 1.807) is 0 Å². The molecule has 1 aromatic rings. The highest BCUT2D eigenvalue weighted by Crippen LogP contribution is 2.32. The highest BCUT2D eigenvalue weighted by Gasteiger charge is 2.28. The second kappa shape index (κ2) is 3.73. The van der Waals surface area contributed by atoms with Gasteiger partial charge in [0.2, 0.25) is 0 Å². The number of nitrogens with zero attached hydrogens (tertiary/aromatic N) is 2. The molecule has 0 aromatic carbocycles. The van der Waals surface area contributed by atoms with Crippen LogP contribution >= 0.6 is 0 Å². The zero-order chi connectivity index (χ0) is 10.1. The number of aryl methyl sites for hydroxylation is 2. The number of aromatic nitrogens is 2. The summed E-state index contributed by atoms with van der Waals surface area (Å²) in [6.45, 7) is 5.52. The molecule has 1 aliphatic rings. The first-order valence-electron chi connectivity index (χ1n) is 5.46. The van der Waals surface area contributed by atoms with E-state index in [-0.39, 0.29) is 0 Å². The molecule has 78 valence electrons. The van der Waals surface area contributed by atoms with Crippen molar-refractivity contribution in [3.63, 3.8) is 0 Å². The summed E-state index contributed by atoms with van der Waals surface area (Å²) in [6, 6.07) is 0.536. The molecule has 14 heavy (non-hydrogen) atoms. The molecule has 0 bridgehead atoms. The van der Waals surface area contributed by atoms with E-state index >= 15 is 0 Å². The molecule has 1 N–H and O–H groups in total. The molecule has 2 unspecified atom stereocenters. The number of hydrogen-bond acceptors (Lipinski definition) is 2. The van der Waals surface area contributed by atoms with Crippen molar-refractivity contribution in [3.8, 4) is 0 Å². The second-order valence-electron chi connectivity index (χ2n) is 4.23. The Kier molecular flexibility index (Phi) is 2.59. The first kappa shape index (κ1) is 9.71. The van der Waals surface area contributed by atoms with Crippen LogP contribution in [0, 0.1) is 12.8 Å². The van der Waals surface area contributed by atoms with Crippen LogP contribution in [0.1, 0.15) is 37.1 Å². The fraction of sp³-hybridized carbons (Fsp3) is 0.727. The van der Waals surface area contributed by atoms with Gasteiger partial charge in [-0.2, -0.15) is 5.10 Å². The van der Waals surface area contributed by atoms with Crippen molar-refractivity contribution in [1.82, 2.24) is 15.1 Å². The molecule has 0 saturated carbocycles. The fourth-order valence-corrected chi connectivity index (χ4v) is 2.48. The molecule has 0 radical (unpaired) electrons. The van der Waals surface area contributed by atoms with E-state index in [2.05, 4.69) is 30.5 Å². The molecular formula is C11H19N3. The smallest absolute Gasteiger partial charge is 0.0641 e. The molecule has 2 atom stereocenters.